The van der Waals surface area contributed by atoms with Gasteiger partial charge in [-0.1, -0.05) is 30.3 Å². The molecule has 1 amide bonds. The van der Waals surface area contributed by atoms with Gasteiger partial charge in [-0.05, 0) is 47.8 Å². The SMILES string of the molecule is CSCCC(NC(=O)c1ccc(NCC(N)CS)cc1-c1ccccc1)C(=O)O.O=C(O)C(F)(F)F. The van der Waals surface area contributed by atoms with Crippen molar-refractivity contribution >= 4 is 47.9 Å². The Morgan fingerprint density at radius 2 is 1.72 bits per heavy atom. The smallest absolute Gasteiger partial charge is 0.480 e. The van der Waals surface area contributed by atoms with Crippen molar-refractivity contribution in [3.63, 3.8) is 0 Å². The number of rotatable bonds is 11. The second kappa shape index (κ2) is 15.3. The maximum atomic E-state index is 12.9. The van der Waals surface area contributed by atoms with Crippen molar-refractivity contribution in [2.24, 2.45) is 5.73 Å². The molecule has 0 aliphatic rings. The predicted molar refractivity (Wildman–Crippen MR) is 138 cm³/mol. The van der Waals surface area contributed by atoms with Gasteiger partial charge in [0.1, 0.15) is 6.04 Å². The quantitative estimate of drug-likeness (QED) is 0.235. The minimum atomic E-state index is -5.08. The van der Waals surface area contributed by atoms with Crippen LogP contribution in [0.15, 0.2) is 48.5 Å². The number of anilines is 1. The van der Waals surface area contributed by atoms with E-state index in [2.05, 4.69) is 23.3 Å². The molecule has 2 unspecified atom stereocenters. The number of amides is 1. The first-order valence-electron chi connectivity index (χ1n) is 10.5. The van der Waals surface area contributed by atoms with E-state index in [-0.39, 0.29) is 6.04 Å². The largest absolute Gasteiger partial charge is 0.490 e. The molecule has 2 atom stereocenters. The second-order valence-corrected chi connectivity index (χ2v) is 8.75. The fourth-order valence-electron chi connectivity index (χ4n) is 2.75. The Hall–Kier alpha value is -2.90. The summed E-state index contributed by atoms with van der Waals surface area (Å²) in [6, 6.07) is 13.9. The molecular weight excluding hydrogens is 519 g/mol. The number of hydrogen-bond acceptors (Lipinski definition) is 7. The Bertz CT molecular complexity index is 1010. The number of alkyl halides is 3. The van der Waals surface area contributed by atoms with Crippen LogP contribution in [0, 0.1) is 0 Å². The molecule has 0 fully saturated rings. The summed E-state index contributed by atoms with van der Waals surface area (Å²) in [4.78, 5) is 33.3. The van der Waals surface area contributed by atoms with E-state index < -0.39 is 30.1 Å². The van der Waals surface area contributed by atoms with Gasteiger partial charge in [-0.25, -0.2) is 9.59 Å². The topological polar surface area (TPSA) is 142 Å². The fourth-order valence-corrected chi connectivity index (χ4v) is 3.35. The molecular formula is C23H28F3N3O5S2. The number of carbonyl (C=O) groups excluding carboxylic acids is 1. The molecule has 0 aromatic heterocycles. The van der Waals surface area contributed by atoms with E-state index in [9.17, 15) is 27.9 Å². The summed E-state index contributed by atoms with van der Waals surface area (Å²) in [6.07, 6.45) is -2.82. The zero-order valence-corrected chi connectivity index (χ0v) is 21.0. The standard InChI is InChI=1S/C21H27N3O3S2.C2HF3O2/c1-29-10-9-19(21(26)27)24-20(25)17-8-7-16(23-12-15(22)13-28)11-18(17)14-5-3-2-4-6-14;3-2(4,5)1(6)7/h2-8,11,15,19,23,28H,9-10,12-13,22H2,1H3,(H,24,25)(H,26,27);(H,6,7). The van der Waals surface area contributed by atoms with E-state index in [0.717, 1.165) is 16.8 Å². The molecule has 0 saturated heterocycles. The third-order valence-electron chi connectivity index (χ3n) is 4.61. The first-order chi connectivity index (χ1) is 16.9. The Labute approximate surface area is 216 Å². The summed E-state index contributed by atoms with van der Waals surface area (Å²) in [5, 5.41) is 22.5. The van der Waals surface area contributed by atoms with Crippen LogP contribution in [0.3, 0.4) is 0 Å². The molecule has 2 aromatic rings. The zero-order chi connectivity index (χ0) is 27.3. The van der Waals surface area contributed by atoms with E-state index in [0.29, 0.717) is 30.0 Å². The van der Waals surface area contributed by atoms with E-state index in [1.807, 2.05) is 42.7 Å². The third kappa shape index (κ3) is 10.8. The van der Waals surface area contributed by atoms with Crippen molar-refractivity contribution in [2.45, 2.75) is 24.7 Å². The molecule has 0 bridgehead atoms. The molecule has 6 N–H and O–H groups in total. The van der Waals surface area contributed by atoms with Gasteiger partial charge in [-0.2, -0.15) is 37.6 Å². The van der Waals surface area contributed by atoms with Crippen molar-refractivity contribution in [1.29, 1.82) is 0 Å². The van der Waals surface area contributed by atoms with Gasteiger partial charge >= 0.3 is 18.1 Å². The molecule has 0 spiro atoms. The summed E-state index contributed by atoms with van der Waals surface area (Å²) in [5.74, 6) is -2.99. The third-order valence-corrected chi connectivity index (χ3v) is 5.72. The van der Waals surface area contributed by atoms with Crippen molar-refractivity contribution in [3.8, 4) is 11.1 Å². The van der Waals surface area contributed by atoms with Crippen molar-refractivity contribution in [3.05, 3.63) is 54.1 Å². The highest BCUT2D eigenvalue weighted by Gasteiger charge is 2.38. The van der Waals surface area contributed by atoms with Gasteiger partial charge in [-0.15, -0.1) is 0 Å². The summed E-state index contributed by atoms with van der Waals surface area (Å²) >= 11 is 5.73. The molecule has 2 aromatic carbocycles. The van der Waals surface area contributed by atoms with Crippen LogP contribution >= 0.6 is 24.4 Å². The van der Waals surface area contributed by atoms with E-state index >= 15 is 0 Å². The van der Waals surface area contributed by atoms with Gasteiger partial charge in [-0.3, -0.25) is 4.79 Å². The molecule has 8 nitrogen and oxygen atoms in total. The summed E-state index contributed by atoms with van der Waals surface area (Å²) in [5.41, 5.74) is 8.76. The Morgan fingerprint density at radius 3 is 2.22 bits per heavy atom. The average Bonchev–Trinajstić information content (AvgIpc) is 2.84. The number of carbonyl (C=O) groups is 3. The summed E-state index contributed by atoms with van der Waals surface area (Å²) in [7, 11) is 0. The maximum absolute atomic E-state index is 12.9. The monoisotopic (exact) mass is 547 g/mol. The number of nitrogens with two attached hydrogens (primary N) is 1. The van der Waals surface area contributed by atoms with Crippen LogP contribution < -0.4 is 16.4 Å². The van der Waals surface area contributed by atoms with Gasteiger partial charge in [0, 0.05) is 29.6 Å². The maximum Gasteiger partial charge on any atom is 0.490 e. The Balaban J connectivity index is 0.000000809. The normalized spacial score (nSPS) is 12.5. The Morgan fingerprint density at radius 1 is 1.11 bits per heavy atom. The number of thiol groups is 1. The van der Waals surface area contributed by atoms with Crippen LogP contribution in [0.2, 0.25) is 0 Å². The predicted octanol–water partition coefficient (Wildman–Crippen LogP) is 3.59. The number of carboxylic acids is 2. The van der Waals surface area contributed by atoms with Gasteiger partial charge in [0.2, 0.25) is 0 Å². The minimum absolute atomic E-state index is 0.0887. The molecule has 198 valence electrons. The van der Waals surface area contributed by atoms with Crippen LogP contribution in [0.5, 0.6) is 0 Å². The van der Waals surface area contributed by atoms with Crippen molar-refractivity contribution in [1.82, 2.24) is 5.32 Å². The lowest BCUT2D eigenvalue weighted by Crippen LogP contribution is -2.41. The lowest BCUT2D eigenvalue weighted by atomic mass is 9.98. The van der Waals surface area contributed by atoms with Crippen LogP contribution in [0.1, 0.15) is 16.8 Å². The molecule has 2 rings (SSSR count). The van der Waals surface area contributed by atoms with Crippen molar-refractivity contribution < 1.29 is 37.8 Å². The lowest BCUT2D eigenvalue weighted by molar-refractivity contribution is -0.192. The van der Waals surface area contributed by atoms with E-state index in [4.69, 9.17) is 15.6 Å². The number of halogens is 3. The second-order valence-electron chi connectivity index (χ2n) is 7.40. The number of benzene rings is 2. The van der Waals surface area contributed by atoms with Gasteiger partial charge in [0.25, 0.3) is 5.91 Å². The molecule has 36 heavy (non-hydrogen) atoms. The molecule has 0 aliphatic heterocycles. The molecule has 0 heterocycles. The van der Waals surface area contributed by atoms with Crippen LogP contribution in [0.25, 0.3) is 11.1 Å². The van der Waals surface area contributed by atoms with E-state index in [1.165, 1.54) is 0 Å². The molecule has 13 heteroatoms. The van der Waals surface area contributed by atoms with Crippen LogP contribution in [0.4, 0.5) is 18.9 Å². The van der Waals surface area contributed by atoms with Gasteiger partial charge < -0.3 is 26.6 Å². The number of carboxylic acid groups (broad SMARTS) is 2. The first-order valence-corrected chi connectivity index (χ1v) is 12.6. The number of nitrogens with one attached hydrogen (secondary N) is 2. The fraction of sp³-hybridized carbons (Fsp3) is 0.348. The molecule has 0 saturated carbocycles. The van der Waals surface area contributed by atoms with Crippen molar-refractivity contribution in [2.75, 3.05) is 29.6 Å². The lowest BCUT2D eigenvalue weighted by Gasteiger charge is -2.18. The summed E-state index contributed by atoms with van der Waals surface area (Å²) in [6.45, 7) is 0.555. The number of hydrogen-bond donors (Lipinski definition) is 6. The molecule has 0 aliphatic carbocycles. The van der Waals surface area contributed by atoms with Crippen LogP contribution in [-0.4, -0.2) is 70.6 Å². The summed E-state index contributed by atoms with van der Waals surface area (Å²) < 4.78 is 31.7. The highest BCUT2D eigenvalue weighted by molar-refractivity contribution is 7.98. The highest BCUT2D eigenvalue weighted by atomic mass is 32.2. The van der Waals surface area contributed by atoms with Gasteiger partial charge in [0.15, 0.2) is 0 Å². The van der Waals surface area contributed by atoms with Gasteiger partial charge in [0.05, 0.1) is 0 Å². The minimum Gasteiger partial charge on any atom is -0.480 e. The average molecular weight is 548 g/mol. The first kappa shape index (κ1) is 31.1. The number of aliphatic carboxylic acids is 2. The Kier molecular flexibility index (Phi) is 13.2. The molecule has 0 radical (unpaired) electrons. The number of thioether (sulfide) groups is 1. The van der Waals surface area contributed by atoms with Crippen LogP contribution in [-0.2, 0) is 9.59 Å². The zero-order valence-electron chi connectivity index (χ0n) is 19.3. The highest BCUT2D eigenvalue weighted by Crippen LogP contribution is 2.27. The van der Waals surface area contributed by atoms with E-state index in [1.54, 1.807) is 23.9 Å².